The van der Waals surface area contributed by atoms with E-state index < -0.39 is 15.7 Å². The highest BCUT2D eigenvalue weighted by atomic mass is 32.2. The van der Waals surface area contributed by atoms with Gasteiger partial charge in [-0.3, -0.25) is 4.99 Å². The van der Waals surface area contributed by atoms with Crippen molar-refractivity contribution in [2.75, 3.05) is 19.9 Å². The third-order valence-corrected chi connectivity index (χ3v) is 6.48. The van der Waals surface area contributed by atoms with Crippen molar-refractivity contribution >= 4 is 15.8 Å². The zero-order valence-corrected chi connectivity index (χ0v) is 17.1. The molecule has 2 fully saturated rings. The van der Waals surface area contributed by atoms with E-state index in [0.29, 0.717) is 29.5 Å². The van der Waals surface area contributed by atoms with Gasteiger partial charge < -0.3 is 15.4 Å². The van der Waals surface area contributed by atoms with Crippen molar-refractivity contribution in [1.82, 2.24) is 10.6 Å². The molecule has 0 radical (unpaired) electrons. The van der Waals surface area contributed by atoms with E-state index in [4.69, 9.17) is 4.74 Å². The van der Waals surface area contributed by atoms with Crippen LogP contribution >= 0.6 is 0 Å². The molecule has 2 aliphatic rings. The Morgan fingerprint density at radius 1 is 1.37 bits per heavy atom. The van der Waals surface area contributed by atoms with Gasteiger partial charge in [0.25, 0.3) is 0 Å². The number of rotatable bonds is 5. The summed E-state index contributed by atoms with van der Waals surface area (Å²) in [5, 5.41) is 6.66. The van der Waals surface area contributed by atoms with Crippen LogP contribution in [0, 0.1) is 17.2 Å². The molecule has 6 nitrogen and oxygen atoms in total. The predicted molar refractivity (Wildman–Crippen MR) is 104 cm³/mol. The van der Waals surface area contributed by atoms with Crippen LogP contribution in [0.25, 0.3) is 0 Å². The fourth-order valence-corrected chi connectivity index (χ4v) is 5.17. The number of aliphatic imine (C=N–C) groups is 1. The lowest BCUT2D eigenvalue weighted by atomic mass is 9.57. The molecular weight excluding hydrogens is 369 g/mol. The molecule has 150 valence electrons. The maximum absolute atomic E-state index is 13.7. The molecular formula is C19H28FN3O3S. The fourth-order valence-electron chi connectivity index (χ4n) is 4.32. The van der Waals surface area contributed by atoms with Crippen LogP contribution in [-0.4, -0.2) is 46.4 Å². The molecule has 1 saturated heterocycles. The van der Waals surface area contributed by atoms with Gasteiger partial charge in [-0.2, -0.15) is 0 Å². The minimum atomic E-state index is -3.21. The maximum Gasteiger partial charge on any atom is 0.191 e. The van der Waals surface area contributed by atoms with E-state index in [1.165, 1.54) is 24.5 Å². The number of guanidine groups is 1. The topological polar surface area (TPSA) is 79.8 Å². The Kier molecular flexibility index (Phi) is 5.49. The second-order valence-electron chi connectivity index (χ2n) is 8.10. The van der Waals surface area contributed by atoms with Gasteiger partial charge in [0, 0.05) is 43.8 Å². The number of nitrogens with one attached hydrogen (secondary N) is 2. The lowest BCUT2D eigenvalue weighted by Crippen LogP contribution is -2.67. The SMILES string of the molecule is CN=C(NCc1cc(F)ccc1CS(C)(=O)=O)NC1C2CCOC2C1(C)C. The van der Waals surface area contributed by atoms with Gasteiger partial charge in [0.2, 0.25) is 0 Å². The number of hydrogen-bond acceptors (Lipinski definition) is 4. The maximum atomic E-state index is 13.7. The lowest BCUT2D eigenvalue weighted by Gasteiger charge is -2.54. The van der Waals surface area contributed by atoms with Gasteiger partial charge in [0.15, 0.2) is 15.8 Å². The first-order valence-corrected chi connectivity index (χ1v) is 11.2. The van der Waals surface area contributed by atoms with E-state index in [-0.39, 0.29) is 23.3 Å². The highest BCUT2D eigenvalue weighted by Gasteiger charge is 2.59. The predicted octanol–water partition coefficient (Wildman–Crippen LogP) is 1.85. The smallest absolute Gasteiger partial charge is 0.191 e. The summed E-state index contributed by atoms with van der Waals surface area (Å²) >= 11 is 0. The van der Waals surface area contributed by atoms with Crippen molar-refractivity contribution in [1.29, 1.82) is 0 Å². The van der Waals surface area contributed by atoms with Crippen molar-refractivity contribution in [3.63, 3.8) is 0 Å². The number of benzene rings is 1. The quantitative estimate of drug-likeness (QED) is 0.586. The number of fused-ring (bicyclic) bond motifs is 1. The molecule has 1 heterocycles. The van der Waals surface area contributed by atoms with Crippen LogP contribution in [0.2, 0.25) is 0 Å². The normalized spacial score (nSPS) is 27.0. The highest BCUT2D eigenvalue weighted by molar-refractivity contribution is 7.89. The Hall–Kier alpha value is -1.67. The van der Waals surface area contributed by atoms with Crippen LogP contribution in [0.15, 0.2) is 23.2 Å². The Morgan fingerprint density at radius 3 is 2.78 bits per heavy atom. The molecule has 1 aromatic rings. The molecule has 27 heavy (non-hydrogen) atoms. The van der Waals surface area contributed by atoms with Crippen molar-refractivity contribution in [3.05, 3.63) is 35.1 Å². The van der Waals surface area contributed by atoms with Gasteiger partial charge in [-0.1, -0.05) is 19.9 Å². The van der Waals surface area contributed by atoms with Crippen LogP contribution in [0.1, 0.15) is 31.4 Å². The third-order valence-electron chi connectivity index (χ3n) is 5.65. The summed E-state index contributed by atoms with van der Waals surface area (Å²) in [6.45, 7) is 5.45. The van der Waals surface area contributed by atoms with Crippen molar-refractivity contribution < 1.29 is 17.5 Å². The molecule has 1 aliphatic carbocycles. The summed E-state index contributed by atoms with van der Waals surface area (Å²) < 4.78 is 42.8. The van der Waals surface area contributed by atoms with E-state index >= 15 is 0 Å². The minimum Gasteiger partial charge on any atom is -0.377 e. The summed E-state index contributed by atoms with van der Waals surface area (Å²) in [6.07, 6.45) is 2.48. The molecule has 0 amide bonds. The van der Waals surface area contributed by atoms with Crippen LogP contribution in [0.4, 0.5) is 4.39 Å². The summed E-state index contributed by atoms with van der Waals surface area (Å²) in [6, 6.07) is 4.43. The molecule has 0 aromatic heterocycles. The van der Waals surface area contributed by atoms with E-state index in [9.17, 15) is 12.8 Å². The van der Waals surface area contributed by atoms with Gasteiger partial charge >= 0.3 is 0 Å². The van der Waals surface area contributed by atoms with E-state index in [1.54, 1.807) is 7.05 Å². The largest absolute Gasteiger partial charge is 0.377 e. The molecule has 2 N–H and O–H groups in total. The summed E-state index contributed by atoms with van der Waals surface area (Å²) in [4.78, 5) is 4.27. The first-order chi connectivity index (χ1) is 12.6. The number of nitrogens with zero attached hydrogens (tertiary/aromatic N) is 1. The molecule has 3 rings (SSSR count). The average Bonchev–Trinajstić information content (AvgIpc) is 3.03. The molecule has 3 unspecified atom stereocenters. The Balaban J connectivity index is 1.67. The molecule has 3 atom stereocenters. The van der Waals surface area contributed by atoms with Crippen molar-refractivity contribution in [2.45, 2.75) is 44.7 Å². The Morgan fingerprint density at radius 2 is 2.11 bits per heavy atom. The van der Waals surface area contributed by atoms with Crippen LogP contribution < -0.4 is 10.6 Å². The van der Waals surface area contributed by atoms with Crippen LogP contribution in [0.5, 0.6) is 0 Å². The van der Waals surface area contributed by atoms with Gasteiger partial charge in [0.1, 0.15) is 5.82 Å². The Labute approximate surface area is 160 Å². The highest BCUT2D eigenvalue weighted by Crippen LogP contribution is 2.52. The summed E-state index contributed by atoms with van der Waals surface area (Å²) in [7, 11) is -1.52. The first-order valence-electron chi connectivity index (χ1n) is 9.15. The lowest BCUT2D eigenvalue weighted by molar-refractivity contribution is -0.106. The van der Waals surface area contributed by atoms with E-state index in [2.05, 4.69) is 29.5 Å². The number of ether oxygens (including phenoxy) is 1. The second-order valence-corrected chi connectivity index (χ2v) is 10.2. The van der Waals surface area contributed by atoms with Gasteiger partial charge in [-0.05, 0) is 29.7 Å². The number of hydrogen-bond donors (Lipinski definition) is 2. The molecule has 1 aliphatic heterocycles. The van der Waals surface area contributed by atoms with Gasteiger partial charge in [-0.15, -0.1) is 0 Å². The third kappa shape index (κ3) is 4.27. The second kappa shape index (κ2) is 7.39. The van der Waals surface area contributed by atoms with E-state index in [0.717, 1.165) is 13.0 Å². The zero-order chi connectivity index (χ0) is 19.8. The first kappa shape index (κ1) is 20.1. The Bertz CT molecular complexity index is 839. The monoisotopic (exact) mass is 397 g/mol. The zero-order valence-electron chi connectivity index (χ0n) is 16.3. The minimum absolute atomic E-state index is 0.0130. The fraction of sp³-hybridized carbons (Fsp3) is 0.632. The molecule has 1 aromatic carbocycles. The van der Waals surface area contributed by atoms with Crippen LogP contribution in [-0.2, 0) is 26.9 Å². The van der Waals surface area contributed by atoms with Crippen molar-refractivity contribution in [3.8, 4) is 0 Å². The molecule has 0 bridgehead atoms. The van der Waals surface area contributed by atoms with Gasteiger partial charge in [0.05, 0.1) is 11.9 Å². The molecule has 0 spiro atoms. The average molecular weight is 398 g/mol. The summed E-state index contributed by atoms with van der Waals surface area (Å²) in [5.41, 5.74) is 1.22. The molecule has 8 heteroatoms. The van der Waals surface area contributed by atoms with Gasteiger partial charge in [-0.25, -0.2) is 12.8 Å². The number of sulfone groups is 1. The molecule has 1 saturated carbocycles. The summed E-state index contributed by atoms with van der Waals surface area (Å²) in [5.74, 6) is 0.576. The number of halogens is 1. The van der Waals surface area contributed by atoms with Crippen molar-refractivity contribution in [2.24, 2.45) is 16.3 Å². The van der Waals surface area contributed by atoms with Crippen LogP contribution in [0.3, 0.4) is 0 Å². The standard InChI is InChI=1S/C19H28FN3O3S/c1-19(2)16(15-7-8-26-17(15)19)23-18(21-3)22-10-13-9-14(20)6-5-12(13)11-27(4,24)25/h5-6,9,15-17H,7-8,10-11H2,1-4H3,(H2,21,22,23). The van der Waals surface area contributed by atoms with E-state index in [1.807, 2.05) is 0 Å².